The van der Waals surface area contributed by atoms with Crippen LogP contribution in [0.4, 0.5) is 4.79 Å². The van der Waals surface area contributed by atoms with E-state index in [0.717, 1.165) is 4.31 Å². The molecule has 1 amide bonds. The molecule has 20 heavy (non-hydrogen) atoms. The lowest BCUT2D eigenvalue weighted by Crippen LogP contribution is -2.48. The van der Waals surface area contributed by atoms with Gasteiger partial charge in [0, 0.05) is 19.0 Å². The van der Waals surface area contributed by atoms with Crippen LogP contribution in [0, 0.1) is 5.92 Å². The van der Waals surface area contributed by atoms with Gasteiger partial charge in [-0.3, -0.25) is 0 Å². The SMILES string of the molecule is CC(C)OC(=O)NS(=O)(=O)N1CCC(C(N)=NO)CC1. The van der Waals surface area contributed by atoms with Gasteiger partial charge in [-0.1, -0.05) is 5.16 Å². The van der Waals surface area contributed by atoms with E-state index in [2.05, 4.69) is 5.16 Å². The second kappa shape index (κ2) is 6.75. The molecule has 1 heterocycles. The van der Waals surface area contributed by atoms with Gasteiger partial charge >= 0.3 is 16.3 Å². The van der Waals surface area contributed by atoms with Gasteiger partial charge in [0.15, 0.2) is 0 Å². The summed E-state index contributed by atoms with van der Waals surface area (Å²) in [7, 11) is -3.92. The first kappa shape index (κ1) is 16.5. The summed E-state index contributed by atoms with van der Waals surface area (Å²) in [5.41, 5.74) is 5.48. The Morgan fingerprint density at radius 1 is 1.45 bits per heavy atom. The number of nitrogens with one attached hydrogen (secondary N) is 1. The van der Waals surface area contributed by atoms with Crippen molar-refractivity contribution in [2.24, 2.45) is 16.8 Å². The molecule has 9 nitrogen and oxygen atoms in total. The molecule has 0 bridgehead atoms. The van der Waals surface area contributed by atoms with Crippen molar-refractivity contribution in [3.63, 3.8) is 0 Å². The molecule has 10 heteroatoms. The molecule has 4 N–H and O–H groups in total. The van der Waals surface area contributed by atoms with Crippen LogP contribution in [0.1, 0.15) is 26.7 Å². The third-order valence-electron chi connectivity index (χ3n) is 2.88. The molecule has 0 aromatic carbocycles. The zero-order valence-corrected chi connectivity index (χ0v) is 12.3. The van der Waals surface area contributed by atoms with Gasteiger partial charge in [0.05, 0.1) is 6.10 Å². The van der Waals surface area contributed by atoms with E-state index >= 15 is 0 Å². The average molecular weight is 308 g/mol. The number of amides is 1. The predicted molar refractivity (Wildman–Crippen MR) is 71.4 cm³/mol. The molecule has 0 spiro atoms. The van der Waals surface area contributed by atoms with Gasteiger partial charge in [-0.2, -0.15) is 12.7 Å². The summed E-state index contributed by atoms with van der Waals surface area (Å²) in [6, 6.07) is 0. The number of hydrogen-bond donors (Lipinski definition) is 3. The molecular weight excluding hydrogens is 288 g/mol. The molecule has 1 saturated heterocycles. The van der Waals surface area contributed by atoms with Crippen LogP contribution in [-0.4, -0.2) is 49.1 Å². The highest BCUT2D eigenvalue weighted by Gasteiger charge is 2.31. The zero-order valence-electron chi connectivity index (χ0n) is 11.4. The van der Waals surface area contributed by atoms with Crippen LogP contribution < -0.4 is 10.5 Å². The summed E-state index contributed by atoms with van der Waals surface area (Å²) in [5.74, 6) is -0.0664. The second-order valence-electron chi connectivity index (χ2n) is 4.76. The number of carbonyl (C=O) groups is 1. The summed E-state index contributed by atoms with van der Waals surface area (Å²) in [6.45, 7) is 3.61. The standard InChI is InChI=1S/C10H20N4O5S/c1-7(2)19-10(15)13-20(17,18)14-5-3-8(4-6-14)9(11)12-16/h7-8,16H,3-6H2,1-2H3,(H2,11,12)(H,13,15). The fourth-order valence-corrected chi connectivity index (χ4v) is 2.96. The van der Waals surface area contributed by atoms with E-state index < -0.39 is 22.4 Å². The lowest BCUT2D eigenvalue weighted by Gasteiger charge is -2.30. The Morgan fingerprint density at radius 3 is 2.45 bits per heavy atom. The van der Waals surface area contributed by atoms with E-state index in [1.807, 2.05) is 4.72 Å². The molecule has 1 aliphatic rings. The number of carbonyl (C=O) groups excluding carboxylic acids is 1. The number of ether oxygens (including phenoxy) is 1. The van der Waals surface area contributed by atoms with Crippen LogP contribution in [-0.2, 0) is 14.9 Å². The summed E-state index contributed by atoms with van der Waals surface area (Å²) < 4.78 is 31.6. The molecule has 0 aromatic heterocycles. The number of piperidine rings is 1. The number of nitrogens with zero attached hydrogens (tertiary/aromatic N) is 2. The molecule has 0 saturated carbocycles. The van der Waals surface area contributed by atoms with Crippen LogP contribution in [0.3, 0.4) is 0 Å². The van der Waals surface area contributed by atoms with Gasteiger partial charge in [0.1, 0.15) is 5.84 Å². The largest absolute Gasteiger partial charge is 0.446 e. The highest BCUT2D eigenvalue weighted by atomic mass is 32.2. The quantitative estimate of drug-likeness (QED) is 0.285. The Morgan fingerprint density at radius 2 is 2.00 bits per heavy atom. The van der Waals surface area contributed by atoms with Gasteiger partial charge in [0.2, 0.25) is 0 Å². The second-order valence-corrected chi connectivity index (χ2v) is 6.43. The Balaban J connectivity index is 2.57. The highest BCUT2D eigenvalue weighted by molar-refractivity contribution is 7.87. The minimum atomic E-state index is -3.92. The van der Waals surface area contributed by atoms with Crippen molar-refractivity contribution < 1.29 is 23.2 Å². The van der Waals surface area contributed by atoms with Crippen molar-refractivity contribution in [3.8, 4) is 0 Å². The summed E-state index contributed by atoms with van der Waals surface area (Å²) in [4.78, 5) is 11.3. The molecule has 0 unspecified atom stereocenters. The first-order chi connectivity index (χ1) is 9.26. The third kappa shape index (κ3) is 4.53. The Labute approximate surface area is 117 Å². The molecule has 1 rings (SSSR count). The fourth-order valence-electron chi connectivity index (χ4n) is 1.88. The first-order valence-corrected chi connectivity index (χ1v) is 7.66. The number of rotatable bonds is 4. The number of nitrogens with two attached hydrogens (primary N) is 1. The Hall–Kier alpha value is -1.55. The van der Waals surface area contributed by atoms with E-state index in [9.17, 15) is 13.2 Å². The monoisotopic (exact) mass is 308 g/mol. The molecule has 0 aliphatic carbocycles. The molecule has 1 fully saturated rings. The minimum Gasteiger partial charge on any atom is -0.446 e. The van der Waals surface area contributed by atoms with Crippen molar-refractivity contribution in [2.45, 2.75) is 32.8 Å². The normalized spacial score (nSPS) is 19.1. The lowest BCUT2D eigenvalue weighted by atomic mass is 9.97. The zero-order chi connectivity index (χ0) is 15.3. The maximum Gasteiger partial charge on any atom is 0.422 e. The summed E-state index contributed by atoms with van der Waals surface area (Å²) in [5, 5.41) is 11.5. The van der Waals surface area contributed by atoms with Crippen LogP contribution in [0.15, 0.2) is 5.16 Å². The van der Waals surface area contributed by atoms with E-state index in [4.69, 9.17) is 15.7 Å². The molecule has 0 aromatic rings. The highest BCUT2D eigenvalue weighted by Crippen LogP contribution is 2.19. The van der Waals surface area contributed by atoms with Gasteiger partial charge in [-0.15, -0.1) is 0 Å². The van der Waals surface area contributed by atoms with Crippen LogP contribution in [0.5, 0.6) is 0 Å². The molecule has 0 atom stereocenters. The van der Waals surface area contributed by atoms with Crippen LogP contribution in [0.2, 0.25) is 0 Å². The van der Waals surface area contributed by atoms with E-state index in [0.29, 0.717) is 12.8 Å². The Kier molecular flexibility index (Phi) is 5.57. The first-order valence-electron chi connectivity index (χ1n) is 6.22. The number of oxime groups is 1. The van der Waals surface area contributed by atoms with Gasteiger partial charge in [-0.05, 0) is 26.7 Å². The maximum atomic E-state index is 11.9. The smallest absolute Gasteiger partial charge is 0.422 e. The van der Waals surface area contributed by atoms with Gasteiger partial charge in [-0.25, -0.2) is 9.52 Å². The maximum absolute atomic E-state index is 11.9. The van der Waals surface area contributed by atoms with Gasteiger partial charge in [0.25, 0.3) is 0 Å². The van der Waals surface area contributed by atoms with Crippen molar-refractivity contribution >= 4 is 22.1 Å². The lowest BCUT2D eigenvalue weighted by molar-refractivity contribution is 0.120. The topological polar surface area (TPSA) is 134 Å². The number of amidine groups is 1. The minimum absolute atomic E-state index is 0.0919. The Bertz CT molecular complexity index is 468. The van der Waals surface area contributed by atoms with E-state index in [1.165, 1.54) is 0 Å². The molecule has 116 valence electrons. The van der Waals surface area contributed by atoms with E-state index in [-0.39, 0.29) is 24.8 Å². The fraction of sp³-hybridized carbons (Fsp3) is 0.800. The third-order valence-corrected chi connectivity index (χ3v) is 4.35. The summed E-state index contributed by atoms with van der Waals surface area (Å²) >= 11 is 0. The van der Waals surface area contributed by atoms with Crippen molar-refractivity contribution in [2.75, 3.05) is 13.1 Å². The van der Waals surface area contributed by atoms with Crippen molar-refractivity contribution in [1.29, 1.82) is 0 Å². The molecule has 0 radical (unpaired) electrons. The molecular formula is C10H20N4O5S. The van der Waals surface area contributed by atoms with E-state index in [1.54, 1.807) is 13.8 Å². The van der Waals surface area contributed by atoms with Gasteiger partial charge < -0.3 is 15.7 Å². The summed E-state index contributed by atoms with van der Waals surface area (Å²) in [6.07, 6.45) is -0.554. The van der Waals surface area contributed by atoms with Crippen LogP contribution >= 0.6 is 0 Å². The van der Waals surface area contributed by atoms with Crippen molar-refractivity contribution in [3.05, 3.63) is 0 Å². The average Bonchev–Trinajstić information content (AvgIpc) is 2.36. The van der Waals surface area contributed by atoms with Crippen LogP contribution in [0.25, 0.3) is 0 Å². The number of hydrogen-bond acceptors (Lipinski definition) is 6. The molecule has 1 aliphatic heterocycles. The predicted octanol–water partition coefficient (Wildman–Crippen LogP) is -0.176. The van der Waals surface area contributed by atoms with Crippen molar-refractivity contribution in [1.82, 2.24) is 9.03 Å².